The van der Waals surface area contributed by atoms with E-state index in [-0.39, 0.29) is 10.1 Å². The van der Waals surface area contributed by atoms with E-state index in [0.29, 0.717) is 33.9 Å². The van der Waals surface area contributed by atoms with Gasteiger partial charge in [-0.3, -0.25) is 0 Å². The molecule has 0 radical (unpaired) electrons. The molecule has 6 nitrogen and oxygen atoms in total. The predicted molar refractivity (Wildman–Crippen MR) is 99.3 cm³/mol. The first-order chi connectivity index (χ1) is 12.5. The number of nitrogens with zero attached hydrogens (tertiary/aromatic N) is 2. The van der Waals surface area contributed by atoms with Gasteiger partial charge in [0.2, 0.25) is 5.89 Å². The molecule has 0 fully saturated rings. The van der Waals surface area contributed by atoms with Crippen LogP contribution in [0.3, 0.4) is 0 Å². The van der Waals surface area contributed by atoms with Gasteiger partial charge in [0.15, 0.2) is 0 Å². The van der Waals surface area contributed by atoms with Crippen LogP contribution < -0.4 is 0 Å². The number of hydrogen-bond acceptors (Lipinski definition) is 6. The summed E-state index contributed by atoms with van der Waals surface area (Å²) in [7, 11) is 0. The molecule has 0 spiro atoms. The van der Waals surface area contributed by atoms with Crippen molar-refractivity contribution in [3.63, 3.8) is 0 Å². The van der Waals surface area contributed by atoms with E-state index >= 15 is 0 Å². The maximum absolute atomic E-state index is 11.5. The molecule has 9 heteroatoms. The first kappa shape index (κ1) is 18.6. The molecule has 0 bridgehead atoms. The van der Waals surface area contributed by atoms with E-state index < -0.39 is 5.97 Å². The van der Waals surface area contributed by atoms with Crippen LogP contribution in [0.4, 0.5) is 0 Å². The number of aliphatic carboxylic acids is 1. The molecule has 0 aliphatic carbocycles. The van der Waals surface area contributed by atoms with E-state index in [1.807, 2.05) is 6.92 Å². The Labute approximate surface area is 162 Å². The van der Waals surface area contributed by atoms with Crippen molar-refractivity contribution in [1.29, 1.82) is 0 Å². The Hall–Kier alpha value is -2.22. The quantitative estimate of drug-likeness (QED) is 0.428. The SMILES string of the molecule is CCc1nnc(S/C(=C/c2ccc(-c3ccc(Cl)c(Cl)c3)o2)C(=O)O)o1. The van der Waals surface area contributed by atoms with Crippen molar-refractivity contribution >= 4 is 47.0 Å². The molecule has 3 rings (SSSR count). The number of furan rings is 1. The number of rotatable bonds is 6. The Bertz CT molecular complexity index is 981. The van der Waals surface area contributed by atoms with Gasteiger partial charge in [-0.2, -0.15) is 0 Å². The maximum Gasteiger partial charge on any atom is 0.342 e. The minimum Gasteiger partial charge on any atom is -0.477 e. The van der Waals surface area contributed by atoms with Crippen molar-refractivity contribution < 1.29 is 18.7 Å². The fourth-order valence-corrected chi connectivity index (χ4v) is 2.98. The molecule has 26 heavy (non-hydrogen) atoms. The first-order valence-corrected chi connectivity index (χ1v) is 9.04. The Morgan fingerprint density at radius 2 is 2.00 bits per heavy atom. The lowest BCUT2D eigenvalue weighted by Crippen LogP contribution is -1.96. The van der Waals surface area contributed by atoms with Crippen LogP contribution in [-0.4, -0.2) is 21.3 Å². The van der Waals surface area contributed by atoms with Crippen LogP contribution in [0.15, 0.2) is 49.3 Å². The van der Waals surface area contributed by atoms with Crippen molar-refractivity contribution in [2.45, 2.75) is 18.6 Å². The summed E-state index contributed by atoms with van der Waals surface area (Å²) in [5.74, 6) is 0.220. The third-order valence-electron chi connectivity index (χ3n) is 3.26. The molecule has 134 valence electrons. The second-order valence-corrected chi connectivity index (χ2v) is 6.87. The zero-order valence-corrected chi connectivity index (χ0v) is 15.7. The van der Waals surface area contributed by atoms with Crippen LogP contribution in [0.1, 0.15) is 18.6 Å². The van der Waals surface area contributed by atoms with Gasteiger partial charge in [0.1, 0.15) is 16.4 Å². The van der Waals surface area contributed by atoms with E-state index in [1.165, 1.54) is 6.08 Å². The van der Waals surface area contributed by atoms with Crippen LogP contribution in [0, 0.1) is 0 Å². The highest BCUT2D eigenvalue weighted by Gasteiger charge is 2.16. The van der Waals surface area contributed by atoms with Crippen LogP contribution in [-0.2, 0) is 11.2 Å². The van der Waals surface area contributed by atoms with Gasteiger partial charge in [0.05, 0.1) is 10.0 Å². The van der Waals surface area contributed by atoms with E-state index in [9.17, 15) is 9.90 Å². The molecule has 1 aromatic carbocycles. The number of carbonyl (C=O) groups is 1. The largest absolute Gasteiger partial charge is 0.477 e. The maximum atomic E-state index is 11.5. The Morgan fingerprint density at radius 1 is 1.19 bits per heavy atom. The monoisotopic (exact) mass is 410 g/mol. The average molecular weight is 411 g/mol. The molecule has 1 N–H and O–H groups in total. The summed E-state index contributed by atoms with van der Waals surface area (Å²) in [5.41, 5.74) is 0.730. The molecule has 0 saturated heterocycles. The lowest BCUT2D eigenvalue weighted by atomic mass is 10.2. The van der Waals surface area contributed by atoms with Crippen molar-refractivity contribution in [2.24, 2.45) is 0 Å². The zero-order chi connectivity index (χ0) is 18.7. The Morgan fingerprint density at radius 3 is 2.65 bits per heavy atom. The highest BCUT2D eigenvalue weighted by molar-refractivity contribution is 8.03. The summed E-state index contributed by atoms with van der Waals surface area (Å²) in [6.07, 6.45) is 1.97. The third-order valence-corrected chi connectivity index (χ3v) is 4.85. The van der Waals surface area contributed by atoms with Gasteiger partial charge in [-0.15, -0.1) is 10.2 Å². The third kappa shape index (κ3) is 4.30. The molecule has 0 atom stereocenters. The molecular weight excluding hydrogens is 399 g/mol. The van der Waals surface area contributed by atoms with Gasteiger partial charge in [-0.25, -0.2) is 4.79 Å². The van der Waals surface area contributed by atoms with Gasteiger partial charge in [0.25, 0.3) is 5.22 Å². The summed E-state index contributed by atoms with van der Waals surface area (Å²) in [4.78, 5) is 11.5. The smallest absolute Gasteiger partial charge is 0.342 e. The lowest BCUT2D eigenvalue weighted by Gasteiger charge is -2.00. The molecule has 0 saturated carbocycles. The summed E-state index contributed by atoms with van der Waals surface area (Å²) >= 11 is 12.8. The van der Waals surface area contributed by atoms with Crippen molar-refractivity contribution in [1.82, 2.24) is 10.2 Å². The zero-order valence-electron chi connectivity index (χ0n) is 13.4. The van der Waals surface area contributed by atoms with Crippen molar-refractivity contribution in [3.05, 3.63) is 56.9 Å². The summed E-state index contributed by atoms with van der Waals surface area (Å²) in [5, 5.41) is 18.0. The van der Waals surface area contributed by atoms with E-state index in [0.717, 1.165) is 17.3 Å². The molecule has 0 aliphatic heterocycles. The number of halogens is 2. The summed E-state index contributed by atoms with van der Waals surface area (Å²) in [6.45, 7) is 1.86. The van der Waals surface area contributed by atoms with Gasteiger partial charge < -0.3 is 13.9 Å². The standard InChI is InChI=1S/C17H12Cl2N2O4S/c1-2-15-20-21-17(25-15)26-14(16(22)23)8-10-4-6-13(24-10)9-3-5-11(18)12(19)7-9/h3-8H,2H2,1H3,(H,22,23)/b14-8+. The summed E-state index contributed by atoms with van der Waals surface area (Å²) < 4.78 is 11.0. The predicted octanol–water partition coefficient (Wildman–Crippen LogP) is 5.42. The molecular formula is C17H12Cl2N2O4S. The number of aryl methyl sites for hydroxylation is 1. The highest BCUT2D eigenvalue weighted by Crippen LogP contribution is 2.32. The van der Waals surface area contributed by atoms with Crippen LogP contribution in [0.2, 0.25) is 10.0 Å². The average Bonchev–Trinajstić information content (AvgIpc) is 3.26. The van der Waals surface area contributed by atoms with E-state index in [2.05, 4.69) is 10.2 Å². The second kappa shape index (κ2) is 7.99. The molecule has 2 heterocycles. The molecule has 0 amide bonds. The van der Waals surface area contributed by atoms with Gasteiger partial charge in [-0.05, 0) is 42.1 Å². The number of aromatic nitrogens is 2. The highest BCUT2D eigenvalue weighted by atomic mass is 35.5. The molecule has 0 aliphatic rings. The van der Waals surface area contributed by atoms with Crippen LogP contribution >= 0.6 is 35.0 Å². The van der Waals surface area contributed by atoms with Gasteiger partial charge in [-0.1, -0.05) is 30.1 Å². The van der Waals surface area contributed by atoms with Gasteiger partial charge >= 0.3 is 5.97 Å². The van der Waals surface area contributed by atoms with Gasteiger partial charge in [0, 0.05) is 18.1 Å². The van der Waals surface area contributed by atoms with E-state index in [4.69, 9.17) is 32.0 Å². The fourth-order valence-electron chi connectivity index (χ4n) is 2.02. The Balaban J connectivity index is 1.85. The number of benzene rings is 1. The minimum absolute atomic E-state index is 0.00802. The molecule has 2 aromatic heterocycles. The molecule has 3 aromatic rings. The number of hydrogen-bond donors (Lipinski definition) is 1. The Kier molecular flexibility index (Phi) is 5.70. The van der Waals surface area contributed by atoms with Crippen LogP contribution in [0.5, 0.6) is 0 Å². The number of carboxylic acid groups (broad SMARTS) is 1. The van der Waals surface area contributed by atoms with Crippen molar-refractivity contribution in [2.75, 3.05) is 0 Å². The number of thioether (sulfide) groups is 1. The van der Waals surface area contributed by atoms with E-state index in [1.54, 1.807) is 30.3 Å². The van der Waals surface area contributed by atoms with Crippen LogP contribution in [0.25, 0.3) is 17.4 Å². The lowest BCUT2D eigenvalue weighted by molar-refractivity contribution is -0.131. The second-order valence-electron chi connectivity index (χ2n) is 5.06. The topological polar surface area (TPSA) is 89.4 Å². The summed E-state index contributed by atoms with van der Waals surface area (Å²) in [6, 6.07) is 8.48. The number of carboxylic acids is 1. The minimum atomic E-state index is -1.13. The fraction of sp³-hybridized carbons (Fsp3) is 0.118. The van der Waals surface area contributed by atoms with Crippen molar-refractivity contribution in [3.8, 4) is 11.3 Å². The molecule has 0 unspecified atom stereocenters. The normalized spacial score (nSPS) is 11.7. The first-order valence-electron chi connectivity index (χ1n) is 7.46.